The van der Waals surface area contributed by atoms with Gasteiger partial charge in [-0.2, -0.15) is 0 Å². The molecule has 0 atom stereocenters. The highest BCUT2D eigenvalue weighted by Gasteiger charge is 2.21. The van der Waals surface area contributed by atoms with Gasteiger partial charge in [-0.05, 0) is 18.1 Å². The highest BCUT2D eigenvalue weighted by molar-refractivity contribution is 5.86. The number of hydrogen-bond donors (Lipinski definition) is 4. The minimum Gasteiger partial charge on any atom is -0.476 e. The Bertz CT molecular complexity index is 539. The lowest BCUT2D eigenvalue weighted by Gasteiger charge is -2.16. The molecule has 0 spiro atoms. The average Bonchev–Trinajstić information content (AvgIpc) is 2.70. The first kappa shape index (κ1) is 13.4. The van der Waals surface area contributed by atoms with E-state index in [2.05, 4.69) is 35.4 Å². The minimum atomic E-state index is -1.15. The van der Waals surface area contributed by atoms with Crippen LogP contribution in [0, 0.1) is 6.92 Å². The Kier molecular flexibility index (Phi) is 3.73. The fraction of sp³-hybridized carbons (Fsp3) is 0.308. The summed E-state index contributed by atoms with van der Waals surface area (Å²) in [5.41, 5.74) is 11.8. The van der Waals surface area contributed by atoms with Crippen LogP contribution < -0.4 is 17.0 Å². The molecule has 0 bridgehead atoms. The predicted molar refractivity (Wildman–Crippen MR) is 71.5 cm³/mol. The fourth-order valence-corrected chi connectivity index (χ4v) is 2.32. The largest absolute Gasteiger partial charge is 0.476 e. The number of benzene rings is 1. The van der Waals surface area contributed by atoms with E-state index < -0.39 is 5.97 Å². The molecule has 1 aliphatic heterocycles. The molecule has 0 fully saturated rings. The second-order valence-corrected chi connectivity index (χ2v) is 4.77. The Morgan fingerprint density at radius 3 is 2.74 bits per heavy atom. The van der Waals surface area contributed by atoms with Crippen LogP contribution in [0.5, 0.6) is 0 Å². The standard InChI is InChI=1S/C13H18N4O2/c1-8-2-3-9-5-17(6-10(9)4-8)7-11(14)12(16-15)13(18)19/h2-4,16H,5-7,14-15H2,1H3,(H,18,19)/b12-11-. The number of aryl methyl sites for hydroxylation is 1. The lowest BCUT2D eigenvalue weighted by Crippen LogP contribution is -2.34. The SMILES string of the molecule is Cc1ccc2c(c1)CN(C/C(N)=C(/NN)C(=O)O)C2. The molecule has 0 saturated carbocycles. The van der Waals surface area contributed by atoms with E-state index in [0.29, 0.717) is 6.54 Å². The minimum absolute atomic E-state index is 0.146. The molecular weight excluding hydrogens is 244 g/mol. The van der Waals surface area contributed by atoms with Crippen molar-refractivity contribution in [3.8, 4) is 0 Å². The molecule has 6 nitrogen and oxygen atoms in total. The van der Waals surface area contributed by atoms with Crippen LogP contribution in [0.4, 0.5) is 0 Å². The van der Waals surface area contributed by atoms with Crippen LogP contribution in [0.25, 0.3) is 0 Å². The van der Waals surface area contributed by atoms with Crippen molar-refractivity contribution in [2.45, 2.75) is 20.0 Å². The third-order valence-electron chi connectivity index (χ3n) is 3.22. The number of fused-ring (bicyclic) bond motifs is 1. The van der Waals surface area contributed by atoms with E-state index in [1.165, 1.54) is 16.7 Å². The number of nitrogens with zero attached hydrogens (tertiary/aromatic N) is 1. The van der Waals surface area contributed by atoms with E-state index in [4.69, 9.17) is 16.7 Å². The van der Waals surface area contributed by atoms with E-state index in [-0.39, 0.29) is 11.4 Å². The first-order valence-electron chi connectivity index (χ1n) is 6.00. The van der Waals surface area contributed by atoms with Gasteiger partial charge < -0.3 is 16.3 Å². The van der Waals surface area contributed by atoms with Crippen molar-refractivity contribution in [2.24, 2.45) is 11.6 Å². The van der Waals surface area contributed by atoms with Crippen LogP contribution in [0.1, 0.15) is 16.7 Å². The summed E-state index contributed by atoms with van der Waals surface area (Å²) >= 11 is 0. The highest BCUT2D eigenvalue weighted by Crippen LogP contribution is 2.23. The van der Waals surface area contributed by atoms with Crippen molar-refractivity contribution in [1.82, 2.24) is 10.3 Å². The van der Waals surface area contributed by atoms with Gasteiger partial charge >= 0.3 is 5.97 Å². The van der Waals surface area contributed by atoms with Gasteiger partial charge in [0, 0.05) is 19.6 Å². The summed E-state index contributed by atoms with van der Waals surface area (Å²) in [4.78, 5) is 13.0. The van der Waals surface area contributed by atoms with Crippen molar-refractivity contribution in [2.75, 3.05) is 6.54 Å². The van der Waals surface area contributed by atoms with Crippen molar-refractivity contribution in [3.05, 3.63) is 46.3 Å². The molecule has 0 radical (unpaired) electrons. The zero-order valence-corrected chi connectivity index (χ0v) is 10.8. The zero-order chi connectivity index (χ0) is 14.0. The monoisotopic (exact) mass is 262 g/mol. The molecule has 0 saturated heterocycles. The topological polar surface area (TPSA) is 105 Å². The highest BCUT2D eigenvalue weighted by atomic mass is 16.4. The second-order valence-electron chi connectivity index (χ2n) is 4.77. The first-order valence-corrected chi connectivity index (χ1v) is 6.00. The van der Waals surface area contributed by atoms with Crippen LogP contribution in [-0.4, -0.2) is 22.5 Å². The normalized spacial score (nSPS) is 15.9. The van der Waals surface area contributed by atoms with Gasteiger partial charge in [0.05, 0.1) is 5.70 Å². The third-order valence-corrected chi connectivity index (χ3v) is 3.22. The molecule has 1 aliphatic rings. The van der Waals surface area contributed by atoms with Crippen molar-refractivity contribution in [3.63, 3.8) is 0 Å². The smallest absolute Gasteiger partial charge is 0.355 e. The molecule has 0 unspecified atom stereocenters. The fourth-order valence-electron chi connectivity index (χ4n) is 2.32. The number of carbonyl (C=O) groups is 1. The van der Waals surface area contributed by atoms with Gasteiger partial charge in [-0.25, -0.2) is 4.79 Å². The molecule has 19 heavy (non-hydrogen) atoms. The number of nitrogens with two attached hydrogens (primary N) is 2. The van der Waals surface area contributed by atoms with Crippen molar-refractivity contribution >= 4 is 5.97 Å². The van der Waals surface area contributed by atoms with Gasteiger partial charge in [0.1, 0.15) is 0 Å². The van der Waals surface area contributed by atoms with Crippen molar-refractivity contribution in [1.29, 1.82) is 0 Å². The summed E-state index contributed by atoms with van der Waals surface area (Å²) in [6.45, 7) is 3.97. The van der Waals surface area contributed by atoms with E-state index in [1.54, 1.807) is 0 Å². The molecule has 0 amide bonds. The molecule has 2 rings (SSSR count). The summed E-state index contributed by atoms with van der Waals surface area (Å²) in [7, 11) is 0. The molecule has 102 valence electrons. The molecule has 0 aromatic heterocycles. The van der Waals surface area contributed by atoms with E-state index in [1.807, 2.05) is 0 Å². The van der Waals surface area contributed by atoms with Gasteiger partial charge in [-0.1, -0.05) is 23.8 Å². The number of hydrogen-bond acceptors (Lipinski definition) is 5. The van der Waals surface area contributed by atoms with Gasteiger partial charge in [0.15, 0.2) is 5.70 Å². The molecule has 1 aromatic rings. The van der Waals surface area contributed by atoms with Gasteiger partial charge in [0.25, 0.3) is 0 Å². The lowest BCUT2D eigenvalue weighted by atomic mass is 10.1. The van der Waals surface area contributed by atoms with E-state index in [9.17, 15) is 4.79 Å². The van der Waals surface area contributed by atoms with E-state index >= 15 is 0 Å². The second kappa shape index (κ2) is 5.29. The van der Waals surface area contributed by atoms with Gasteiger partial charge in [-0.15, -0.1) is 0 Å². The maximum Gasteiger partial charge on any atom is 0.355 e. The summed E-state index contributed by atoms with van der Waals surface area (Å²) in [6, 6.07) is 6.32. The number of aliphatic carboxylic acids is 1. The average molecular weight is 262 g/mol. The zero-order valence-electron chi connectivity index (χ0n) is 10.8. The number of hydrazine groups is 1. The number of rotatable bonds is 4. The Labute approximate surface area is 111 Å². The summed E-state index contributed by atoms with van der Waals surface area (Å²) in [6.07, 6.45) is 0. The molecule has 0 aliphatic carbocycles. The van der Waals surface area contributed by atoms with Crippen LogP contribution in [-0.2, 0) is 17.9 Å². The maximum atomic E-state index is 10.9. The molecule has 6 heteroatoms. The van der Waals surface area contributed by atoms with Crippen LogP contribution in [0.3, 0.4) is 0 Å². The Balaban J connectivity index is 2.10. The summed E-state index contributed by atoms with van der Waals surface area (Å²) in [5.74, 6) is 4.02. The molecular formula is C13H18N4O2. The van der Waals surface area contributed by atoms with E-state index in [0.717, 1.165) is 13.1 Å². The molecule has 1 aromatic carbocycles. The molecule has 1 heterocycles. The third kappa shape index (κ3) is 2.86. The number of nitrogens with one attached hydrogen (secondary N) is 1. The predicted octanol–water partition coefficient (Wildman–Crippen LogP) is 0.0288. The quantitative estimate of drug-likeness (QED) is 0.347. The van der Waals surface area contributed by atoms with Crippen LogP contribution in [0.2, 0.25) is 0 Å². The maximum absolute atomic E-state index is 10.9. The van der Waals surface area contributed by atoms with Gasteiger partial charge in [-0.3, -0.25) is 10.7 Å². The Hall–Kier alpha value is -2.05. The number of carboxylic acid groups (broad SMARTS) is 1. The lowest BCUT2D eigenvalue weighted by molar-refractivity contribution is -0.133. The van der Waals surface area contributed by atoms with Gasteiger partial charge in [0.2, 0.25) is 0 Å². The Morgan fingerprint density at radius 1 is 1.42 bits per heavy atom. The molecule has 6 N–H and O–H groups in total. The van der Waals surface area contributed by atoms with Crippen LogP contribution >= 0.6 is 0 Å². The number of carboxylic acids is 1. The summed E-state index contributed by atoms with van der Waals surface area (Å²) < 4.78 is 0. The van der Waals surface area contributed by atoms with Crippen molar-refractivity contribution < 1.29 is 9.90 Å². The summed E-state index contributed by atoms with van der Waals surface area (Å²) in [5, 5.41) is 8.93. The van der Waals surface area contributed by atoms with Crippen LogP contribution in [0.15, 0.2) is 29.6 Å². The first-order chi connectivity index (χ1) is 9.01. The Morgan fingerprint density at radius 2 is 2.11 bits per heavy atom.